The first-order chi connectivity index (χ1) is 10.0. The van der Waals surface area contributed by atoms with E-state index in [4.69, 9.17) is 11.5 Å². The maximum Gasteiger partial charge on any atom is 0.318 e. The molecule has 1 aromatic heterocycles. The number of hydrogen-bond donors (Lipinski definition) is 3. The number of nitrogens with zero attached hydrogens (tertiary/aromatic N) is 1. The van der Waals surface area contributed by atoms with Gasteiger partial charge in [0.1, 0.15) is 5.01 Å². The van der Waals surface area contributed by atoms with E-state index in [1.54, 1.807) is 5.38 Å². The summed E-state index contributed by atoms with van der Waals surface area (Å²) in [5, 5.41) is 4.53. The minimum Gasteiger partial charge on any atom is -0.351 e. The van der Waals surface area contributed by atoms with Crippen LogP contribution in [0, 0.1) is 0 Å². The number of carbonyl (C=O) groups excluding carboxylic acids is 2. The maximum atomic E-state index is 11.4. The van der Waals surface area contributed by atoms with E-state index in [0.717, 1.165) is 10.6 Å². The highest BCUT2D eigenvalue weighted by molar-refractivity contribution is 7.09. The molecular weight excluding hydrogens is 288 g/mol. The molecule has 0 aliphatic rings. The Hall–Kier alpha value is -2.25. The highest BCUT2D eigenvalue weighted by atomic mass is 32.1. The number of carbonyl (C=O) groups is 2. The van der Waals surface area contributed by atoms with Crippen molar-refractivity contribution in [2.75, 3.05) is 0 Å². The van der Waals surface area contributed by atoms with Crippen LogP contribution in [0.3, 0.4) is 0 Å². The van der Waals surface area contributed by atoms with Crippen molar-refractivity contribution in [1.29, 1.82) is 0 Å². The molecule has 0 spiro atoms. The number of nitrogens with two attached hydrogens (primary N) is 2. The number of benzene rings is 1. The molecule has 0 aliphatic carbocycles. The Kier molecular flexibility index (Phi) is 5.02. The monoisotopic (exact) mass is 304 g/mol. The first kappa shape index (κ1) is 15.1. The molecule has 6 nitrogen and oxygen atoms in total. The Morgan fingerprint density at radius 3 is 2.67 bits per heavy atom. The highest BCUT2D eigenvalue weighted by Gasteiger charge is 2.14. The second-order valence-electron chi connectivity index (χ2n) is 4.56. The van der Waals surface area contributed by atoms with Crippen LogP contribution in [-0.2, 0) is 17.6 Å². The Morgan fingerprint density at radius 1 is 1.29 bits per heavy atom. The third kappa shape index (κ3) is 4.66. The van der Waals surface area contributed by atoms with Crippen molar-refractivity contribution in [2.24, 2.45) is 11.5 Å². The number of primary amides is 1. The molecule has 2 aromatic rings. The van der Waals surface area contributed by atoms with E-state index < -0.39 is 11.9 Å². The first-order valence-corrected chi connectivity index (χ1v) is 7.25. The van der Waals surface area contributed by atoms with Gasteiger partial charge in [0, 0.05) is 5.38 Å². The van der Waals surface area contributed by atoms with E-state index in [1.165, 1.54) is 11.3 Å². The fourth-order valence-electron chi connectivity index (χ4n) is 1.88. The van der Waals surface area contributed by atoms with Gasteiger partial charge in [-0.2, -0.15) is 0 Å². The lowest BCUT2D eigenvalue weighted by Gasteiger charge is -2.08. The van der Waals surface area contributed by atoms with Crippen LogP contribution in [0.25, 0.3) is 0 Å². The molecule has 1 aromatic carbocycles. The van der Waals surface area contributed by atoms with Crippen molar-refractivity contribution in [3.8, 4) is 0 Å². The molecule has 0 saturated heterocycles. The Bertz CT molecular complexity index is 627. The third-order valence-electron chi connectivity index (χ3n) is 2.79. The zero-order valence-electron chi connectivity index (χ0n) is 11.3. The van der Waals surface area contributed by atoms with Crippen molar-refractivity contribution >= 4 is 23.3 Å². The summed E-state index contributed by atoms with van der Waals surface area (Å²) >= 11 is 1.41. The van der Waals surface area contributed by atoms with Gasteiger partial charge >= 0.3 is 6.03 Å². The smallest absolute Gasteiger partial charge is 0.318 e. The van der Waals surface area contributed by atoms with Crippen molar-refractivity contribution in [3.05, 3.63) is 52.0 Å². The van der Waals surface area contributed by atoms with Crippen LogP contribution in [0.4, 0.5) is 4.79 Å². The average Bonchev–Trinajstić information content (AvgIpc) is 2.87. The summed E-state index contributed by atoms with van der Waals surface area (Å²) < 4.78 is 0. The summed E-state index contributed by atoms with van der Waals surface area (Å²) in [6.07, 6.45) is 0.693. The molecule has 7 heteroatoms. The lowest BCUT2D eigenvalue weighted by molar-refractivity contribution is -0.119. The Balaban J connectivity index is 1.96. The SMILES string of the molecule is NC(=O)NC(=O)Cc1csc(C(N)Cc2ccccc2)n1. The normalized spacial score (nSPS) is 11.9. The van der Waals surface area contributed by atoms with Crippen molar-refractivity contribution in [3.63, 3.8) is 0 Å². The summed E-state index contributed by atoms with van der Waals surface area (Å²) in [5.41, 5.74) is 12.7. The molecular formula is C14H16N4O2S. The lowest BCUT2D eigenvalue weighted by atomic mass is 10.1. The third-order valence-corrected chi connectivity index (χ3v) is 3.81. The first-order valence-electron chi connectivity index (χ1n) is 6.37. The quantitative estimate of drug-likeness (QED) is 0.768. The fourth-order valence-corrected chi connectivity index (χ4v) is 2.70. The highest BCUT2D eigenvalue weighted by Crippen LogP contribution is 2.20. The van der Waals surface area contributed by atoms with Gasteiger partial charge in [0.2, 0.25) is 5.91 Å². The fraction of sp³-hybridized carbons (Fsp3) is 0.214. The van der Waals surface area contributed by atoms with E-state index in [1.807, 2.05) is 35.6 Å². The number of rotatable bonds is 5. The molecule has 0 saturated carbocycles. The molecule has 1 heterocycles. The largest absolute Gasteiger partial charge is 0.351 e. The van der Waals surface area contributed by atoms with Gasteiger partial charge in [0.05, 0.1) is 18.2 Å². The number of aromatic nitrogens is 1. The summed E-state index contributed by atoms with van der Waals surface area (Å²) in [6, 6.07) is 8.81. The summed E-state index contributed by atoms with van der Waals surface area (Å²) in [6.45, 7) is 0. The van der Waals surface area contributed by atoms with Gasteiger partial charge in [0.25, 0.3) is 0 Å². The molecule has 21 heavy (non-hydrogen) atoms. The summed E-state index contributed by atoms with van der Waals surface area (Å²) in [5.74, 6) is -0.476. The molecule has 5 N–H and O–H groups in total. The number of urea groups is 1. The number of nitrogens with one attached hydrogen (secondary N) is 1. The van der Waals surface area contributed by atoms with Gasteiger partial charge in [-0.25, -0.2) is 9.78 Å². The van der Waals surface area contributed by atoms with E-state index in [9.17, 15) is 9.59 Å². The van der Waals surface area contributed by atoms with Crippen LogP contribution in [0.2, 0.25) is 0 Å². The molecule has 0 fully saturated rings. The van der Waals surface area contributed by atoms with E-state index >= 15 is 0 Å². The van der Waals surface area contributed by atoms with Crippen molar-refractivity contribution in [2.45, 2.75) is 18.9 Å². The maximum absolute atomic E-state index is 11.4. The van der Waals surface area contributed by atoms with Crippen LogP contribution < -0.4 is 16.8 Å². The standard InChI is InChI=1S/C14H16N4O2S/c15-11(6-9-4-2-1-3-5-9)13-17-10(8-21-13)7-12(19)18-14(16)20/h1-5,8,11H,6-7,15H2,(H3,16,18,19,20). The van der Waals surface area contributed by atoms with Crippen molar-refractivity contribution in [1.82, 2.24) is 10.3 Å². The second-order valence-corrected chi connectivity index (χ2v) is 5.45. The number of hydrogen-bond acceptors (Lipinski definition) is 5. The molecule has 0 radical (unpaired) electrons. The zero-order valence-corrected chi connectivity index (χ0v) is 12.1. The Labute approximate surface area is 126 Å². The predicted molar refractivity (Wildman–Crippen MR) is 80.6 cm³/mol. The molecule has 110 valence electrons. The van der Waals surface area contributed by atoms with Crippen LogP contribution in [0.1, 0.15) is 22.3 Å². The molecule has 0 aliphatic heterocycles. The minimum absolute atomic E-state index is 0.0114. The molecule has 1 atom stereocenters. The van der Waals surface area contributed by atoms with Gasteiger partial charge in [0.15, 0.2) is 0 Å². The van der Waals surface area contributed by atoms with Gasteiger partial charge in [-0.3, -0.25) is 10.1 Å². The summed E-state index contributed by atoms with van der Waals surface area (Å²) in [7, 11) is 0. The zero-order chi connectivity index (χ0) is 15.2. The predicted octanol–water partition coefficient (Wildman–Crippen LogP) is 1.12. The van der Waals surface area contributed by atoms with Gasteiger partial charge in [-0.15, -0.1) is 11.3 Å². The second kappa shape index (κ2) is 6.96. The minimum atomic E-state index is -0.865. The number of amides is 3. The van der Waals surface area contributed by atoms with E-state index in [2.05, 4.69) is 4.98 Å². The van der Waals surface area contributed by atoms with Crippen LogP contribution in [-0.4, -0.2) is 16.9 Å². The number of thiazole rings is 1. The Morgan fingerprint density at radius 2 is 2.00 bits per heavy atom. The topological polar surface area (TPSA) is 111 Å². The molecule has 1 unspecified atom stereocenters. The molecule has 0 bridgehead atoms. The van der Waals surface area contributed by atoms with Crippen molar-refractivity contribution < 1.29 is 9.59 Å². The summed E-state index contributed by atoms with van der Waals surface area (Å²) in [4.78, 5) is 26.3. The lowest BCUT2D eigenvalue weighted by Crippen LogP contribution is -2.36. The van der Waals surface area contributed by atoms with E-state index in [-0.39, 0.29) is 12.5 Å². The molecule has 2 rings (SSSR count). The van der Waals surface area contributed by atoms with Crippen LogP contribution in [0.15, 0.2) is 35.7 Å². The van der Waals surface area contributed by atoms with Gasteiger partial charge in [-0.1, -0.05) is 30.3 Å². The van der Waals surface area contributed by atoms with E-state index in [0.29, 0.717) is 12.1 Å². The van der Waals surface area contributed by atoms with Crippen LogP contribution >= 0.6 is 11.3 Å². The van der Waals surface area contributed by atoms with Gasteiger partial charge in [-0.05, 0) is 12.0 Å². The number of imide groups is 1. The van der Waals surface area contributed by atoms with Gasteiger partial charge < -0.3 is 11.5 Å². The van der Waals surface area contributed by atoms with Crippen LogP contribution in [0.5, 0.6) is 0 Å². The average molecular weight is 304 g/mol. The molecule has 3 amide bonds.